The lowest BCUT2D eigenvalue weighted by Gasteiger charge is -2.25. The fraction of sp³-hybridized carbons (Fsp3) is 0.316. The third-order valence-electron chi connectivity index (χ3n) is 4.46. The van der Waals surface area contributed by atoms with Gasteiger partial charge in [0.05, 0.1) is 16.3 Å². The van der Waals surface area contributed by atoms with E-state index in [4.69, 9.17) is 14.5 Å². The lowest BCUT2D eigenvalue weighted by atomic mass is 10.1. The molecule has 0 spiro atoms. The molecule has 4 rings (SSSR count). The highest BCUT2D eigenvalue weighted by Crippen LogP contribution is 2.37. The van der Waals surface area contributed by atoms with Gasteiger partial charge in [-0.3, -0.25) is 4.90 Å². The smallest absolute Gasteiger partial charge is 0.162 e. The number of ether oxygens (including phenoxy) is 2. The molecule has 0 fully saturated rings. The van der Waals surface area contributed by atoms with Crippen LogP contribution in [0.5, 0.6) is 11.5 Å². The molecule has 4 nitrogen and oxygen atoms in total. The summed E-state index contributed by atoms with van der Waals surface area (Å²) in [5, 5.41) is 1.14. The summed E-state index contributed by atoms with van der Waals surface area (Å²) in [5.74, 6) is 1.63. The molecule has 1 aliphatic rings. The third kappa shape index (κ3) is 3.38. The van der Waals surface area contributed by atoms with E-state index in [0.29, 0.717) is 13.2 Å². The van der Waals surface area contributed by atoms with E-state index in [2.05, 4.69) is 59.1 Å². The number of para-hydroxylation sites is 1. The molecule has 25 heavy (non-hydrogen) atoms. The molecular formula is C19H19BrN2O2S. The molecule has 0 N–H and O–H groups in total. The van der Waals surface area contributed by atoms with Gasteiger partial charge < -0.3 is 9.47 Å². The van der Waals surface area contributed by atoms with Crippen molar-refractivity contribution in [3.05, 3.63) is 51.4 Å². The molecule has 0 saturated carbocycles. The van der Waals surface area contributed by atoms with Crippen molar-refractivity contribution in [2.75, 3.05) is 20.3 Å². The van der Waals surface area contributed by atoms with Crippen LogP contribution in [-0.4, -0.2) is 30.1 Å². The third-order valence-corrected chi connectivity index (χ3v) is 6.40. The largest absolute Gasteiger partial charge is 0.486 e. The number of hydrogen-bond donors (Lipinski definition) is 0. The second kappa shape index (κ2) is 6.94. The first-order chi connectivity index (χ1) is 12.1. The van der Waals surface area contributed by atoms with Crippen molar-refractivity contribution in [1.29, 1.82) is 0 Å². The standard InChI is InChI=1S/C19H19BrN2O2S/c1-12(19-21-15-5-3-4-6-18(15)25-19)22(2)11-13-9-16-17(10-14(13)20)24-8-7-23-16/h3-6,9-10,12H,7-8,11H2,1-2H3/t12-/m0/s1. The molecule has 2 aromatic carbocycles. The van der Waals surface area contributed by atoms with Gasteiger partial charge in [0.1, 0.15) is 18.2 Å². The maximum atomic E-state index is 5.71. The van der Waals surface area contributed by atoms with Crippen LogP contribution >= 0.6 is 27.3 Å². The molecule has 0 saturated heterocycles. The van der Waals surface area contributed by atoms with Gasteiger partial charge >= 0.3 is 0 Å². The van der Waals surface area contributed by atoms with Crippen LogP contribution < -0.4 is 9.47 Å². The zero-order valence-electron chi connectivity index (χ0n) is 14.2. The summed E-state index contributed by atoms with van der Waals surface area (Å²) in [5.41, 5.74) is 2.25. The summed E-state index contributed by atoms with van der Waals surface area (Å²) < 4.78 is 13.6. The molecular weight excluding hydrogens is 400 g/mol. The Labute approximate surface area is 159 Å². The number of benzene rings is 2. The quantitative estimate of drug-likeness (QED) is 0.595. The van der Waals surface area contributed by atoms with Crippen molar-refractivity contribution >= 4 is 37.5 Å². The van der Waals surface area contributed by atoms with Gasteiger partial charge in [0.2, 0.25) is 0 Å². The Kier molecular flexibility index (Phi) is 4.67. The number of aromatic nitrogens is 1. The number of thiazole rings is 1. The predicted octanol–water partition coefficient (Wildman–Crippen LogP) is 5.02. The second-order valence-corrected chi connectivity index (χ2v) is 8.11. The average molecular weight is 419 g/mol. The Morgan fingerprint density at radius 3 is 2.68 bits per heavy atom. The molecule has 0 amide bonds. The van der Waals surface area contributed by atoms with Gasteiger partial charge in [-0.15, -0.1) is 11.3 Å². The van der Waals surface area contributed by atoms with Crippen molar-refractivity contribution in [3.63, 3.8) is 0 Å². The lowest BCUT2D eigenvalue weighted by molar-refractivity contribution is 0.170. The Hall–Kier alpha value is -1.63. The van der Waals surface area contributed by atoms with E-state index < -0.39 is 0 Å². The molecule has 1 atom stereocenters. The Morgan fingerprint density at radius 2 is 1.92 bits per heavy atom. The van der Waals surface area contributed by atoms with Crippen LogP contribution in [0.3, 0.4) is 0 Å². The molecule has 2 heterocycles. The fourth-order valence-corrected chi connectivity index (χ4v) is 4.42. The van der Waals surface area contributed by atoms with Gasteiger partial charge in [-0.05, 0) is 43.8 Å². The van der Waals surface area contributed by atoms with Crippen LogP contribution in [0.25, 0.3) is 10.2 Å². The zero-order chi connectivity index (χ0) is 17.4. The SMILES string of the molecule is C[C@@H](c1nc2ccccc2s1)N(C)Cc1cc2c(cc1Br)OCCO2. The topological polar surface area (TPSA) is 34.6 Å². The highest BCUT2D eigenvalue weighted by molar-refractivity contribution is 9.10. The van der Waals surface area contributed by atoms with Gasteiger partial charge in [0.15, 0.2) is 11.5 Å². The minimum absolute atomic E-state index is 0.234. The Balaban J connectivity index is 1.55. The lowest BCUT2D eigenvalue weighted by Crippen LogP contribution is -2.22. The maximum Gasteiger partial charge on any atom is 0.162 e. The van der Waals surface area contributed by atoms with Crippen LogP contribution in [-0.2, 0) is 6.54 Å². The molecule has 1 aromatic heterocycles. The highest BCUT2D eigenvalue weighted by Gasteiger charge is 2.20. The molecule has 0 bridgehead atoms. The molecule has 1 aliphatic heterocycles. The summed E-state index contributed by atoms with van der Waals surface area (Å²) in [6, 6.07) is 12.6. The first-order valence-corrected chi connectivity index (χ1v) is 9.86. The molecule has 6 heteroatoms. The van der Waals surface area contributed by atoms with Crippen molar-refractivity contribution in [1.82, 2.24) is 9.88 Å². The summed E-state index contributed by atoms with van der Waals surface area (Å²) >= 11 is 5.42. The van der Waals surface area contributed by atoms with Gasteiger partial charge in [0, 0.05) is 11.0 Å². The average Bonchev–Trinajstić information content (AvgIpc) is 3.05. The number of hydrogen-bond acceptors (Lipinski definition) is 5. The van der Waals surface area contributed by atoms with Gasteiger partial charge in [-0.2, -0.15) is 0 Å². The van der Waals surface area contributed by atoms with Crippen molar-refractivity contribution in [2.45, 2.75) is 19.5 Å². The van der Waals surface area contributed by atoms with Crippen molar-refractivity contribution < 1.29 is 9.47 Å². The van der Waals surface area contributed by atoms with E-state index in [1.165, 1.54) is 10.3 Å². The van der Waals surface area contributed by atoms with Crippen LogP contribution in [0.4, 0.5) is 0 Å². The van der Waals surface area contributed by atoms with E-state index in [-0.39, 0.29) is 6.04 Å². The van der Waals surface area contributed by atoms with E-state index in [0.717, 1.165) is 33.0 Å². The van der Waals surface area contributed by atoms with E-state index in [1.54, 1.807) is 11.3 Å². The Morgan fingerprint density at radius 1 is 1.20 bits per heavy atom. The fourth-order valence-electron chi connectivity index (χ4n) is 2.89. The monoisotopic (exact) mass is 418 g/mol. The zero-order valence-corrected chi connectivity index (χ0v) is 16.6. The number of rotatable bonds is 4. The van der Waals surface area contributed by atoms with Crippen molar-refractivity contribution in [2.24, 2.45) is 0 Å². The summed E-state index contributed by atoms with van der Waals surface area (Å²) in [6.45, 7) is 4.21. The first-order valence-electron chi connectivity index (χ1n) is 8.25. The van der Waals surface area contributed by atoms with Gasteiger partial charge in [0.25, 0.3) is 0 Å². The van der Waals surface area contributed by atoms with Crippen LogP contribution in [0, 0.1) is 0 Å². The minimum atomic E-state index is 0.234. The predicted molar refractivity (Wildman–Crippen MR) is 105 cm³/mol. The van der Waals surface area contributed by atoms with E-state index in [1.807, 2.05) is 12.1 Å². The summed E-state index contributed by atoms with van der Waals surface area (Å²) in [4.78, 5) is 7.09. The van der Waals surface area contributed by atoms with E-state index in [9.17, 15) is 0 Å². The van der Waals surface area contributed by atoms with Crippen LogP contribution in [0.2, 0.25) is 0 Å². The number of fused-ring (bicyclic) bond motifs is 2. The van der Waals surface area contributed by atoms with Crippen LogP contribution in [0.15, 0.2) is 40.9 Å². The molecule has 3 aromatic rings. The number of halogens is 1. The maximum absolute atomic E-state index is 5.71. The van der Waals surface area contributed by atoms with Crippen LogP contribution in [0.1, 0.15) is 23.5 Å². The van der Waals surface area contributed by atoms with Gasteiger partial charge in [-0.25, -0.2) is 4.98 Å². The van der Waals surface area contributed by atoms with E-state index >= 15 is 0 Å². The number of nitrogens with zero attached hydrogens (tertiary/aromatic N) is 2. The van der Waals surface area contributed by atoms with Gasteiger partial charge in [-0.1, -0.05) is 28.1 Å². The van der Waals surface area contributed by atoms with Crippen molar-refractivity contribution in [3.8, 4) is 11.5 Å². The summed E-state index contributed by atoms with van der Waals surface area (Å²) in [6.07, 6.45) is 0. The Bertz CT molecular complexity index is 879. The first kappa shape index (κ1) is 16.8. The molecule has 0 radical (unpaired) electrons. The molecule has 130 valence electrons. The molecule has 0 unspecified atom stereocenters. The summed E-state index contributed by atoms with van der Waals surface area (Å²) in [7, 11) is 2.12. The minimum Gasteiger partial charge on any atom is -0.486 e. The normalized spacial score (nSPS) is 14.9. The highest BCUT2D eigenvalue weighted by atomic mass is 79.9. The second-order valence-electron chi connectivity index (χ2n) is 6.20. The molecule has 0 aliphatic carbocycles.